The Morgan fingerprint density at radius 3 is 2.26 bits per heavy atom. The molecule has 0 radical (unpaired) electrons. The molecular weight excluding hydrogens is 481 g/mol. The van der Waals surface area contributed by atoms with Crippen molar-refractivity contribution in [1.82, 2.24) is 20.3 Å². The number of hydrogen-bond donors (Lipinski definition) is 3. The molecule has 1 aliphatic heterocycles. The van der Waals surface area contributed by atoms with Crippen LogP contribution in [0.3, 0.4) is 0 Å². The van der Waals surface area contributed by atoms with Crippen molar-refractivity contribution < 1.29 is 13.2 Å². The zero-order chi connectivity index (χ0) is 19.8. The predicted molar refractivity (Wildman–Crippen MR) is 121 cm³/mol. The van der Waals surface area contributed by atoms with Gasteiger partial charge in [0.2, 0.25) is 15.9 Å². The van der Waals surface area contributed by atoms with Gasteiger partial charge in [-0.15, -0.1) is 24.0 Å². The van der Waals surface area contributed by atoms with Crippen molar-refractivity contribution in [2.24, 2.45) is 10.4 Å². The van der Waals surface area contributed by atoms with Gasteiger partial charge < -0.3 is 16.0 Å². The maximum atomic E-state index is 12.1. The van der Waals surface area contributed by atoms with E-state index in [1.54, 1.807) is 11.4 Å². The van der Waals surface area contributed by atoms with E-state index in [0.717, 1.165) is 12.8 Å². The lowest BCUT2D eigenvalue weighted by molar-refractivity contribution is -0.128. The molecule has 1 amide bonds. The van der Waals surface area contributed by atoms with E-state index in [1.807, 2.05) is 27.7 Å². The Labute approximate surface area is 181 Å². The zero-order valence-electron chi connectivity index (χ0n) is 17.2. The van der Waals surface area contributed by atoms with Gasteiger partial charge in [0, 0.05) is 39.3 Å². The van der Waals surface area contributed by atoms with E-state index in [-0.39, 0.29) is 41.7 Å². The van der Waals surface area contributed by atoms with Crippen molar-refractivity contribution in [3.05, 3.63) is 0 Å². The summed E-state index contributed by atoms with van der Waals surface area (Å²) in [5.41, 5.74) is -0.550. The van der Waals surface area contributed by atoms with Crippen LogP contribution in [0, 0.1) is 5.41 Å². The van der Waals surface area contributed by atoms with E-state index >= 15 is 0 Å². The van der Waals surface area contributed by atoms with Gasteiger partial charge in [-0.25, -0.2) is 12.7 Å². The summed E-state index contributed by atoms with van der Waals surface area (Å²) in [5, 5.41) is 9.38. The number of guanidine groups is 1. The van der Waals surface area contributed by atoms with Gasteiger partial charge in [0.15, 0.2) is 5.96 Å². The molecule has 0 atom stereocenters. The molecule has 0 bridgehead atoms. The molecule has 1 rings (SSSR count). The summed E-state index contributed by atoms with van der Waals surface area (Å²) in [6.07, 6.45) is 2.12. The maximum absolute atomic E-state index is 12.1. The number of halogens is 1. The molecular formula is C17H36IN5O3S. The minimum absolute atomic E-state index is 0. The second kappa shape index (κ2) is 12.1. The van der Waals surface area contributed by atoms with Crippen LogP contribution in [0.5, 0.6) is 0 Å². The second-order valence-corrected chi connectivity index (χ2v) is 9.39. The van der Waals surface area contributed by atoms with Gasteiger partial charge in [0.05, 0.1) is 11.2 Å². The van der Waals surface area contributed by atoms with Crippen LogP contribution in [-0.2, 0) is 14.8 Å². The highest BCUT2D eigenvalue weighted by molar-refractivity contribution is 14.0. The van der Waals surface area contributed by atoms with Crippen LogP contribution < -0.4 is 16.0 Å². The molecule has 0 unspecified atom stereocenters. The monoisotopic (exact) mass is 517 g/mol. The lowest BCUT2D eigenvalue weighted by Gasteiger charge is -2.33. The number of nitrogens with zero attached hydrogens (tertiary/aromatic N) is 2. The van der Waals surface area contributed by atoms with Gasteiger partial charge in [-0.1, -0.05) is 6.92 Å². The molecule has 1 saturated heterocycles. The predicted octanol–water partition coefficient (Wildman–Crippen LogP) is 1.14. The van der Waals surface area contributed by atoms with Crippen molar-refractivity contribution >= 4 is 45.9 Å². The Balaban J connectivity index is 0.00000676. The standard InChI is InChI=1S/C17H35N5O3S.HI/c1-6-12-26(24,25)22-10-8-14(9-11-22)21-16(18-5)20-13-17(3,4)15(23)19-7-2;/h14H,6-13H2,1-5H3,(H,19,23)(H2,18,20,21);1H. The largest absolute Gasteiger partial charge is 0.356 e. The Kier molecular flexibility index (Phi) is 11.8. The van der Waals surface area contributed by atoms with Crippen LogP contribution in [0.1, 0.15) is 47.0 Å². The number of nitrogens with one attached hydrogen (secondary N) is 3. The Morgan fingerprint density at radius 2 is 1.78 bits per heavy atom. The fourth-order valence-electron chi connectivity index (χ4n) is 2.84. The van der Waals surface area contributed by atoms with E-state index < -0.39 is 15.4 Å². The summed E-state index contributed by atoms with van der Waals surface area (Å²) in [4.78, 5) is 16.3. The fraction of sp³-hybridized carbons (Fsp3) is 0.882. The van der Waals surface area contributed by atoms with Gasteiger partial charge in [-0.3, -0.25) is 9.79 Å². The van der Waals surface area contributed by atoms with E-state index in [1.165, 1.54) is 0 Å². The third-order valence-corrected chi connectivity index (χ3v) is 6.60. The topological polar surface area (TPSA) is 103 Å². The molecule has 1 aliphatic rings. The summed E-state index contributed by atoms with van der Waals surface area (Å²) in [7, 11) is -1.43. The number of sulfonamides is 1. The maximum Gasteiger partial charge on any atom is 0.227 e. The summed E-state index contributed by atoms with van der Waals surface area (Å²) in [6.45, 7) is 9.67. The number of carbonyl (C=O) groups is 1. The van der Waals surface area contributed by atoms with Crippen LogP contribution in [0.2, 0.25) is 0 Å². The first-order valence-electron chi connectivity index (χ1n) is 9.39. The molecule has 3 N–H and O–H groups in total. The summed E-state index contributed by atoms with van der Waals surface area (Å²) >= 11 is 0. The van der Waals surface area contributed by atoms with Crippen molar-refractivity contribution in [2.45, 2.75) is 53.0 Å². The number of hydrogen-bond acceptors (Lipinski definition) is 4. The highest BCUT2D eigenvalue weighted by Gasteiger charge is 2.29. The molecule has 160 valence electrons. The van der Waals surface area contributed by atoms with Gasteiger partial charge in [0.1, 0.15) is 0 Å². The Morgan fingerprint density at radius 1 is 1.19 bits per heavy atom. The summed E-state index contributed by atoms with van der Waals surface area (Å²) < 4.78 is 25.9. The Hall–Kier alpha value is -0.620. The SMILES string of the molecule is CCCS(=O)(=O)N1CCC(NC(=NC)NCC(C)(C)C(=O)NCC)CC1.I. The number of rotatable bonds is 8. The molecule has 0 spiro atoms. The highest BCUT2D eigenvalue weighted by atomic mass is 127. The summed E-state index contributed by atoms with van der Waals surface area (Å²) in [6, 6.07) is 0.168. The highest BCUT2D eigenvalue weighted by Crippen LogP contribution is 2.16. The van der Waals surface area contributed by atoms with E-state index in [2.05, 4.69) is 20.9 Å². The van der Waals surface area contributed by atoms with Crippen LogP contribution in [0.4, 0.5) is 0 Å². The van der Waals surface area contributed by atoms with Crippen LogP contribution >= 0.6 is 24.0 Å². The lowest BCUT2D eigenvalue weighted by atomic mass is 9.92. The molecule has 0 aromatic heterocycles. The number of carbonyl (C=O) groups excluding carboxylic acids is 1. The molecule has 1 heterocycles. The van der Waals surface area contributed by atoms with Crippen molar-refractivity contribution in [2.75, 3.05) is 39.0 Å². The molecule has 27 heavy (non-hydrogen) atoms. The van der Waals surface area contributed by atoms with Crippen LogP contribution in [-0.4, -0.2) is 69.6 Å². The molecule has 1 fully saturated rings. The molecule has 8 nitrogen and oxygen atoms in total. The van der Waals surface area contributed by atoms with Crippen LogP contribution in [0.25, 0.3) is 0 Å². The normalized spacial score (nSPS) is 17.1. The van der Waals surface area contributed by atoms with Gasteiger partial charge in [0.25, 0.3) is 0 Å². The van der Waals surface area contributed by atoms with Gasteiger partial charge in [-0.05, 0) is 40.0 Å². The van der Waals surface area contributed by atoms with Gasteiger partial charge >= 0.3 is 0 Å². The molecule has 10 heteroatoms. The quantitative estimate of drug-likeness (QED) is 0.255. The van der Waals surface area contributed by atoms with Gasteiger partial charge in [-0.2, -0.15) is 0 Å². The smallest absolute Gasteiger partial charge is 0.227 e. The third-order valence-electron chi connectivity index (χ3n) is 4.52. The van der Waals surface area contributed by atoms with E-state index in [4.69, 9.17) is 0 Å². The average Bonchev–Trinajstić information content (AvgIpc) is 2.59. The first-order valence-corrected chi connectivity index (χ1v) is 11.0. The lowest BCUT2D eigenvalue weighted by Crippen LogP contribution is -2.52. The number of aliphatic imine (C=N–C) groups is 1. The minimum Gasteiger partial charge on any atom is -0.356 e. The minimum atomic E-state index is -3.12. The molecule has 0 aromatic rings. The van der Waals surface area contributed by atoms with Crippen LogP contribution in [0.15, 0.2) is 4.99 Å². The number of amides is 1. The van der Waals surface area contributed by atoms with Crippen molar-refractivity contribution in [3.8, 4) is 0 Å². The zero-order valence-corrected chi connectivity index (χ0v) is 20.3. The van der Waals surface area contributed by atoms with E-state index in [9.17, 15) is 13.2 Å². The summed E-state index contributed by atoms with van der Waals surface area (Å²) in [5.74, 6) is 0.845. The first kappa shape index (κ1) is 26.4. The molecule has 0 aromatic carbocycles. The molecule has 0 aliphatic carbocycles. The fourth-order valence-corrected chi connectivity index (χ4v) is 4.38. The number of piperidine rings is 1. The van der Waals surface area contributed by atoms with E-state index in [0.29, 0.717) is 38.6 Å². The molecule has 0 saturated carbocycles. The third kappa shape index (κ3) is 8.51. The Bertz CT molecular complexity index is 587. The van der Waals surface area contributed by atoms with Crippen molar-refractivity contribution in [3.63, 3.8) is 0 Å². The first-order chi connectivity index (χ1) is 12.2. The van der Waals surface area contributed by atoms with Crippen molar-refractivity contribution in [1.29, 1.82) is 0 Å². The second-order valence-electron chi connectivity index (χ2n) is 7.30. The average molecular weight is 517 g/mol.